The summed E-state index contributed by atoms with van der Waals surface area (Å²) in [6.45, 7) is 3.36. The van der Waals surface area contributed by atoms with E-state index >= 15 is 0 Å². The zero-order chi connectivity index (χ0) is 12.4. The number of rotatable bonds is 2. The van der Waals surface area contributed by atoms with Crippen LogP contribution in [-0.4, -0.2) is 5.11 Å². The second-order valence-electron chi connectivity index (χ2n) is 3.67. The van der Waals surface area contributed by atoms with Crippen molar-refractivity contribution in [1.82, 2.24) is 0 Å². The van der Waals surface area contributed by atoms with E-state index in [0.29, 0.717) is 16.1 Å². The maximum Gasteiger partial charge on any atom is 1.00 e. The SMILES string of the molecule is C=C([O-])c1cccc(-c2cc(Cl)ccc2O)c1.[K+]. The molecule has 0 unspecified atom stereocenters. The molecule has 0 atom stereocenters. The molecule has 2 rings (SSSR count). The predicted octanol–water partition coefficient (Wildman–Crippen LogP) is 0.0476. The van der Waals surface area contributed by atoms with Gasteiger partial charge in [0.2, 0.25) is 0 Å². The second kappa shape index (κ2) is 6.75. The van der Waals surface area contributed by atoms with Crippen LogP contribution in [0, 0.1) is 0 Å². The molecule has 0 aliphatic rings. The Hall–Kier alpha value is -0.294. The van der Waals surface area contributed by atoms with Gasteiger partial charge in [-0.3, -0.25) is 0 Å². The summed E-state index contributed by atoms with van der Waals surface area (Å²) in [6.07, 6.45) is 0. The first-order chi connectivity index (χ1) is 8.08. The van der Waals surface area contributed by atoms with Gasteiger partial charge in [0, 0.05) is 10.6 Å². The third-order valence-corrected chi connectivity index (χ3v) is 2.69. The van der Waals surface area contributed by atoms with E-state index in [-0.39, 0.29) is 62.9 Å². The van der Waals surface area contributed by atoms with Crippen LogP contribution in [0.25, 0.3) is 16.9 Å². The van der Waals surface area contributed by atoms with Gasteiger partial charge in [-0.2, -0.15) is 0 Å². The van der Waals surface area contributed by atoms with Crippen LogP contribution in [0.2, 0.25) is 5.02 Å². The summed E-state index contributed by atoms with van der Waals surface area (Å²) in [7, 11) is 0. The van der Waals surface area contributed by atoms with Crippen molar-refractivity contribution in [1.29, 1.82) is 0 Å². The van der Waals surface area contributed by atoms with Gasteiger partial charge in [0.05, 0.1) is 0 Å². The Balaban J connectivity index is 0.00000162. The monoisotopic (exact) mass is 284 g/mol. The molecule has 0 bridgehead atoms. The largest absolute Gasteiger partial charge is 1.00 e. The van der Waals surface area contributed by atoms with Gasteiger partial charge in [0.15, 0.2) is 0 Å². The Morgan fingerprint density at radius 2 is 1.89 bits per heavy atom. The van der Waals surface area contributed by atoms with Gasteiger partial charge in [-0.1, -0.05) is 29.8 Å². The minimum Gasteiger partial charge on any atom is -0.872 e. The molecule has 0 amide bonds. The molecule has 0 saturated heterocycles. The van der Waals surface area contributed by atoms with Crippen LogP contribution in [0.5, 0.6) is 5.75 Å². The summed E-state index contributed by atoms with van der Waals surface area (Å²) >= 11 is 5.88. The van der Waals surface area contributed by atoms with Crippen LogP contribution >= 0.6 is 11.6 Å². The first-order valence-corrected chi connectivity index (χ1v) is 5.41. The fraction of sp³-hybridized carbons (Fsp3) is 0. The summed E-state index contributed by atoms with van der Waals surface area (Å²) in [5.74, 6) is -0.128. The van der Waals surface area contributed by atoms with Gasteiger partial charge in [-0.15, -0.1) is 12.3 Å². The smallest absolute Gasteiger partial charge is 0.872 e. The van der Waals surface area contributed by atoms with Crippen molar-refractivity contribution in [2.24, 2.45) is 0 Å². The second-order valence-corrected chi connectivity index (χ2v) is 4.10. The Morgan fingerprint density at radius 3 is 2.56 bits per heavy atom. The van der Waals surface area contributed by atoms with Crippen molar-refractivity contribution in [2.45, 2.75) is 0 Å². The van der Waals surface area contributed by atoms with Crippen LogP contribution in [0.4, 0.5) is 0 Å². The molecule has 18 heavy (non-hydrogen) atoms. The molecule has 0 aliphatic heterocycles. The molecule has 0 heterocycles. The van der Waals surface area contributed by atoms with Crippen LogP contribution in [0.3, 0.4) is 0 Å². The fourth-order valence-corrected chi connectivity index (χ4v) is 1.77. The zero-order valence-corrected chi connectivity index (χ0v) is 13.9. The minimum absolute atomic E-state index is 0. The first kappa shape index (κ1) is 15.8. The molecule has 0 aliphatic carbocycles. The van der Waals surface area contributed by atoms with Crippen LogP contribution < -0.4 is 56.5 Å². The van der Waals surface area contributed by atoms with Crippen molar-refractivity contribution in [3.8, 4) is 16.9 Å². The maximum atomic E-state index is 11.2. The maximum absolute atomic E-state index is 11.2. The topological polar surface area (TPSA) is 43.3 Å². The molecule has 0 spiro atoms. The third kappa shape index (κ3) is 3.60. The molecular formula is C14H10ClKO2. The van der Waals surface area contributed by atoms with Gasteiger partial charge in [-0.05, 0) is 35.4 Å². The molecule has 0 radical (unpaired) electrons. The van der Waals surface area contributed by atoms with E-state index in [2.05, 4.69) is 6.58 Å². The first-order valence-electron chi connectivity index (χ1n) is 5.03. The number of hydrogen-bond acceptors (Lipinski definition) is 2. The van der Waals surface area contributed by atoms with E-state index in [9.17, 15) is 10.2 Å². The summed E-state index contributed by atoms with van der Waals surface area (Å²) in [4.78, 5) is 0. The van der Waals surface area contributed by atoms with Crippen LogP contribution in [0.1, 0.15) is 5.56 Å². The van der Waals surface area contributed by atoms with E-state index in [4.69, 9.17) is 11.6 Å². The quantitative estimate of drug-likeness (QED) is 0.625. The van der Waals surface area contributed by atoms with E-state index in [0.717, 1.165) is 5.56 Å². The van der Waals surface area contributed by atoms with Crippen molar-refractivity contribution in [3.05, 3.63) is 59.6 Å². The summed E-state index contributed by atoms with van der Waals surface area (Å²) in [5, 5.41) is 21.5. The van der Waals surface area contributed by atoms with Crippen LogP contribution in [-0.2, 0) is 0 Å². The number of phenolic OH excluding ortho intramolecular Hbond substituents is 1. The van der Waals surface area contributed by atoms with Crippen molar-refractivity contribution >= 4 is 17.4 Å². The number of benzene rings is 2. The van der Waals surface area contributed by atoms with Crippen molar-refractivity contribution in [2.75, 3.05) is 0 Å². The molecule has 0 fully saturated rings. The molecule has 0 aromatic heterocycles. The number of phenols is 1. The van der Waals surface area contributed by atoms with E-state index in [1.807, 2.05) is 0 Å². The minimum atomic E-state index is -0.256. The Labute approximate surface area is 153 Å². The predicted molar refractivity (Wildman–Crippen MR) is 67.6 cm³/mol. The summed E-state index contributed by atoms with van der Waals surface area (Å²) in [5.41, 5.74) is 1.84. The van der Waals surface area contributed by atoms with Crippen molar-refractivity contribution < 1.29 is 61.6 Å². The van der Waals surface area contributed by atoms with Gasteiger partial charge in [0.25, 0.3) is 0 Å². The summed E-state index contributed by atoms with van der Waals surface area (Å²) < 4.78 is 0. The van der Waals surface area contributed by atoms with Crippen LogP contribution in [0.15, 0.2) is 49.0 Å². The molecule has 4 heteroatoms. The normalized spacial score (nSPS) is 9.61. The molecule has 2 aromatic rings. The molecule has 2 nitrogen and oxygen atoms in total. The molecule has 2 aromatic carbocycles. The Bertz CT molecular complexity index is 582. The van der Waals surface area contributed by atoms with E-state index in [1.165, 1.54) is 6.07 Å². The van der Waals surface area contributed by atoms with Gasteiger partial charge in [0.1, 0.15) is 5.75 Å². The summed E-state index contributed by atoms with van der Waals surface area (Å²) in [6, 6.07) is 11.7. The Kier molecular flexibility index (Phi) is 5.91. The van der Waals surface area contributed by atoms with E-state index < -0.39 is 0 Å². The standard InChI is InChI=1S/C14H11ClO2.K/c1-9(16)10-3-2-4-11(7-10)13-8-12(15)5-6-14(13)17;/h2-8,16-17H,1H2;/q;+1/p-1. The average Bonchev–Trinajstić information content (AvgIpc) is 2.32. The van der Waals surface area contributed by atoms with E-state index in [1.54, 1.807) is 36.4 Å². The average molecular weight is 285 g/mol. The number of hydrogen-bond donors (Lipinski definition) is 1. The van der Waals surface area contributed by atoms with Gasteiger partial charge < -0.3 is 10.2 Å². The van der Waals surface area contributed by atoms with Crippen molar-refractivity contribution in [3.63, 3.8) is 0 Å². The number of aromatic hydroxyl groups is 1. The fourth-order valence-electron chi connectivity index (χ4n) is 1.60. The van der Waals surface area contributed by atoms with Gasteiger partial charge >= 0.3 is 51.4 Å². The molecular weight excluding hydrogens is 275 g/mol. The third-order valence-electron chi connectivity index (χ3n) is 2.45. The molecule has 0 saturated carbocycles. The molecule has 1 N–H and O–H groups in total. The number of halogens is 1. The Morgan fingerprint density at radius 1 is 1.17 bits per heavy atom. The molecule has 86 valence electrons. The van der Waals surface area contributed by atoms with Gasteiger partial charge in [-0.25, -0.2) is 0 Å². The zero-order valence-electron chi connectivity index (χ0n) is 9.98.